The number of para-hydroxylation sites is 2. The van der Waals surface area contributed by atoms with E-state index in [-0.39, 0.29) is 18.6 Å². The average molecular weight is 350 g/mol. The molecule has 1 amide bonds. The molecule has 25 heavy (non-hydrogen) atoms. The summed E-state index contributed by atoms with van der Waals surface area (Å²) in [5.74, 6) is 0.304. The van der Waals surface area contributed by atoms with E-state index in [1.54, 1.807) is 4.90 Å². The lowest BCUT2D eigenvalue weighted by molar-refractivity contribution is -0.140. The van der Waals surface area contributed by atoms with Gasteiger partial charge < -0.3 is 19.5 Å². The molecule has 7 nitrogen and oxygen atoms in total. The summed E-state index contributed by atoms with van der Waals surface area (Å²) in [5, 5.41) is 12.0. The Kier molecular flexibility index (Phi) is 7.06. The Labute approximate surface area is 147 Å². The number of hydrogen-bond acceptors (Lipinski definition) is 5. The number of carbonyl (C=O) groups excluding carboxylic acids is 1. The number of likely N-dealkylation sites (N-methyl/N-ethyl adjacent to an activating group) is 1. The minimum atomic E-state index is -0.932. The van der Waals surface area contributed by atoms with Gasteiger partial charge in [-0.3, -0.25) is 14.9 Å². The molecule has 1 aliphatic heterocycles. The number of ether oxygens (including phenoxy) is 2. The molecule has 2 N–H and O–H groups in total. The number of rotatable bonds is 9. The largest absolute Gasteiger partial charge is 0.486 e. The van der Waals surface area contributed by atoms with E-state index in [1.165, 1.54) is 0 Å². The molecule has 0 spiro atoms. The van der Waals surface area contributed by atoms with Crippen LogP contribution in [0.2, 0.25) is 0 Å². The van der Waals surface area contributed by atoms with Crippen LogP contribution in [0.3, 0.4) is 0 Å². The van der Waals surface area contributed by atoms with Crippen LogP contribution in [-0.2, 0) is 9.59 Å². The first-order valence-electron chi connectivity index (χ1n) is 8.67. The van der Waals surface area contributed by atoms with Crippen LogP contribution in [0, 0.1) is 0 Å². The monoisotopic (exact) mass is 350 g/mol. The third-order valence-corrected chi connectivity index (χ3v) is 4.10. The Balaban J connectivity index is 1.87. The van der Waals surface area contributed by atoms with Gasteiger partial charge in [0.1, 0.15) is 12.6 Å². The van der Waals surface area contributed by atoms with Crippen molar-refractivity contribution in [3.05, 3.63) is 24.3 Å². The lowest BCUT2D eigenvalue weighted by Gasteiger charge is -2.31. The second-order valence-electron chi connectivity index (χ2n) is 5.99. The molecule has 2 rings (SSSR count). The van der Waals surface area contributed by atoms with Crippen molar-refractivity contribution in [2.75, 3.05) is 26.2 Å². The maximum absolute atomic E-state index is 12.4. The minimum Gasteiger partial charge on any atom is -0.486 e. The Morgan fingerprint density at radius 1 is 1.32 bits per heavy atom. The SMILES string of the molecule is CCCC(NCC(=O)N(CC)CC1COc2ccccc2O1)C(=O)O. The highest BCUT2D eigenvalue weighted by Crippen LogP contribution is 2.30. The summed E-state index contributed by atoms with van der Waals surface area (Å²) in [7, 11) is 0. The molecule has 0 saturated heterocycles. The van der Waals surface area contributed by atoms with Gasteiger partial charge in [0.25, 0.3) is 0 Å². The highest BCUT2D eigenvalue weighted by molar-refractivity contribution is 5.80. The molecule has 2 unspecified atom stereocenters. The van der Waals surface area contributed by atoms with Crippen molar-refractivity contribution in [3.63, 3.8) is 0 Å². The van der Waals surface area contributed by atoms with E-state index in [1.807, 2.05) is 38.1 Å². The summed E-state index contributed by atoms with van der Waals surface area (Å²) in [6.07, 6.45) is 0.984. The summed E-state index contributed by atoms with van der Waals surface area (Å²) >= 11 is 0. The van der Waals surface area contributed by atoms with Crippen molar-refractivity contribution in [3.8, 4) is 11.5 Å². The fourth-order valence-corrected chi connectivity index (χ4v) is 2.73. The predicted octanol–water partition coefficient (Wildman–Crippen LogP) is 1.52. The van der Waals surface area contributed by atoms with Crippen LogP contribution in [0.15, 0.2) is 24.3 Å². The lowest BCUT2D eigenvalue weighted by atomic mass is 10.1. The van der Waals surface area contributed by atoms with E-state index in [9.17, 15) is 9.59 Å². The fourth-order valence-electron chi connectivity index (χ4n) is 2.73. The zero-order valence-electron chi connectivity index (χ0n) is 14.7. The van der Waals surface area contributed by atoms with Crippen molar-refractivity contribution < 1.29 is 24.2 Å². The van der Waals surface area contributed by atoms with E-state index in [4.69, 9.17) is 14.6 Å². The standard InChI is InChI=1S/C18H26N2O5/c1-3-7-14(18(22)23)19-10-17(21)20(4-2)11-13-12-24-15-8-5-6-9-16(15)25-13/h5-6,8-9,13-14,19H,3-4,7,10-12H2,1-2H3,(H,22,23). The molecule has 1 heterocycles. The Bertz CT molecular complexity index is 593. The number of carboxylic acids is 1. The fraction of sp³-hybridized carbons (Fsp3) is 0.556. The molecular formula is C18H26N2O5. The predicted molar refractivity (Wildman–Crippen MR) is 92.9 cm³/mol. The summed E-state index contributed by atoms with van der Waals surface area (Å²) in [6.45, 7) is 5.09. The Morgan fingerprint density at radius 2 is 2.04 bits per heavy atom. The zero-order chi connectivity index (χ0) is 18.2. The molecule has 7 heteroatoms. The number of amides is 1. The van der Waals surface area contributed by atoms with E-state index in [2.05, 4.69) is 5.32 Å². The molecule has 0 aliphatic carbocycles. The molecule has 0 bridgehead atoms. The van der Waals surface area contributed by atoms with Gasteiger partial charge in [0.15, 0.2) is 17.6 Å². The molecule has 0 saturated carbocycles. The number of carbonyl (C=O) groups is 2. The highest BCUT2D eigenvalue weighted by atomic mass is 16.6. The van der Waals surface area contributed by atoms with Crippen LogP contribution < -0.4 is 14.8 Å². The highest BCUT2D eigenvalue weighted by Gasteiger charge is 2.25. The number of carboxylic acid groups (broad SMARTS) is 1. The quantitative estimate of drug-likeness (QED) is 0.702. The lowest BCUT2D eigenvalue weighted by Crippen LogP contribution is -2.48. The van der Waals surface area contributed by atoms with Crippen molar-refractivity contribution in [1.29, 1.82) is 0 Å². The van der Waals surface area contributed by atoms with Crippen molar-refractivity contribution in [2.24, 2.45) is 0 Å². The summed E-state index contributed by atoms with van der Waals surface area (Å²) < 4.78 is 11.5. The number of nitrogens with zero attached hydrogens (tertiary/aromatic N) is 1. The van der Waals surface area contributed by atoms with E-state index in [0.717, 1.165) is 6.42 Å². The third-order valence-electron chi connectivity index (χ3n) is 4.10. The topological polar surface area (TPSA) is 88.1 Å². The van der Waals surface area contributed by atoms with Gasteiger partial charge >= 0.3 is 5.97 Å². The molecular weight excluding hydrogens is 324 g/mol. The average Bonchev–Trinajstić information content (AvgIpc) is 2.62. The van der Waals surface area contributed by atoms with Crippen LogP contribution in [0.1, 0.15) is 26.7 Å². The van der Waals surface area contributed by atoms with Crippen molar-refractivity contribution in [1.82, 2.24) is 10.2 Å². The summed E-state index contributed by atoms with van der Waals surface area (Å²) in [6, 6.07) is 6.73. The van der Waals surface area contributed by atoms with Crippen LogP contribution in [0.25, 0.3) is 0 Å². The first-order chi connectivity index (χ1) is 12.0. The van der Waals surface area contributed by atoms with Crippen LogP contribution in [0.4, 0.5) is 0 Å². The number of aliphatic carboxylic acids is 1. The Morgan fingerprint density at radius 3 is 2.68 bits per heavy atom. The van der Waals surface area contributed by atoms with Crippen molar-refractivity contribution >= 4 is 11.9 Å². The molecule has 0 aromatic heterocycles. The second-order valence-corrected chi connectivity index (χ2v) is 5.99. The molecule has 138 valence electrons. The first kappa shape index (κ1) is 19.1. The maximum atomic E-state index is 12.4. The smallest absolute Gasteiger partial charge is 0.320 e. The van der Waals surface area contributed by atoms with Gasteiger partial charge in [-0.1, -0.05) is 25.5 Å². The number of hydrogen-bond donors (Lipinski definition) is 2. The third kappa shape index (κ3) is 5.35. The first-order valence-corrected chi connectivity index (χ1v) is 8.67. The number of fused-ring (bicyclic) bond motifs is 1. The minimum absolute atomic E-state index is 0.00499. The second kappa shape index (κ2) is 9.27. The molecule has 0 radical (unpaired) electrons. The normalized spacial score (nSPS) is 17.0. The molecule has 0 fully saturated rings. The maximum Gasteiger partial charge on any atom is 0.320 e. The molecule has 1 aliphatic rings. The summed E-state index contributed by atoms with van der Waals surface area (Å²) in [5.41, 5.74) is 0. The molecule has 1 aromatic rings. The van der Waals surface area contributed by atoms with E-state index >= 15 is 0 Å². The number of nitrogens with one attached hydrogen (secondary N) is 1. The van der Waals surface area contributed by atoms with Gasteiger partial charge in [0.05, 0.1) is 13.1 Å². The van der Waals surface area contributed by atoms with Gasteiger partial charge in [-0.15, -0.1) is 0 Å². The Hall–Kier alpha value is -2.28. The van der Waals surface area contributed by atoms with Crippen LogP contribution >= 0.6 is 0 Å². The van der Waals surface area contributed by atoms with Crippen LogP contribution in [0.5, 0.6) is 11.5 Å². The molecule has 1 aromatic carbocycles. The van der Waals surface area contributed by atoms with Gasteiger partial charge in [0, 0.05) is 6.54 Å². The van der Waals surface area contributed by atoms with Gasteiger partial charge in [-0.25, -0.2) is 0 Å². The van der Waals surface area contributed by atoms with Crippen molar-refractivity contribution in [2.45, 2.75) is 38.8 Å². The van der Waals surface area contributed by atoms with Crippen LogP contribution in [-0.4, -0.2) is 60.3 Å². The van der Waals surface area contributed by atoms with Gasteiger partial charge in [-0.2, -0.15) is 0 Å². The molecule has 2 atom stereocenters. The van der Waals surface area contributed by atoms with E-state index < -0.39 is 12.0 Å². The zero-order valence-corrected chi connectivity index (χ0v) is 14.7. The summed E-state index contributed by atoms with van der Waals surface area (Å²) in [4.78, 5) is 25.2. The van der Waals surface area contributed by atoms with Gasteiger partial charge in [0.2, 0.25) is 5.91 Å². The van der Waals surface area contributed by atoms with E-state index in [0.29, 0.717) is 37.6 Å². The number of benzene rings is 1. The van der Waals surface area contributed by atoms with Gasteiger partial charge in [-0.05, 0) is 25.5 Å².